The van der Waals surface area contributed by atoms with Gasteiger partial charge in [0.25, 0.3) is 0 Å². The first-order valence-corrected chi connectivity index (χ1v) is 13.8. The first-order valence-electron chi connectivity index (χ1n) is 12.0. The van der Waals surface area contributed by atoms with Crippen LogP contribution in [0.3, 0.4) is 0 Å². The number of hydrogen-bond donors (Lipinski definition) is 0. The zero-order valence-electron chi connectivity index (χ0n) is 18.4. The van der Waals surface area contributed by atoms with Gasteiger partial charge in [0.15, 0.2) is 9.84 Å². The molecule has 3 nitrogen and oxygen atoms in total. The average Bonchev–Trinajstić information content (AvgIpc) is 3.01. The van der Waals surface area contributed by atoms with Gasteiger partial charge in [0.2, 0.25) is 0 Å². The van der Waals surface area contributed by atoms with E-state index in [9.17, 15) is 8.42 Å². The molecule has 0 N–H and O–H groups in total. The smallest absolute Gasteiger partial charge is 0.151 e. The van der Waals surface area contributed by atoms with Crippen molar-refractivity contribution in [2.24, 2.45) is 0 Å². The molecule has 0 radical (unpaired) electrons. The van der Waals surface area contributed by atoms with Crippen LogP contribution in [-0.4, -0.2) is 44.5 Å². The lowest BCUT2D eigenvalue weighted by atomic mass is 10.0. The average molecular weight is 402 g/mol. The fraction of sp³-hybridized carbons (Fsp3) is 1.00. The molecular formula is C23H47NO2S. The fourth-order valence-electron chi connectivity index (χ4n) is 4.21. The second-order valence-electron chi connectivity index (χ2n) is 8.84. The van der Waals surface area contributed by atoms with Gasteiger partial charge < -0.3 is 4.90 Å². The third kappa shape index (κ3) is 13.7. The standard InChI is InChI=1S/C23H47NO2S/c1-3-4-5-6-7-8-9-10-11-12-13-14-15-16-17-18-20-24(2)23-19-21-27(25,26)22-23/h23H,3-22H2,1-2H3. The second kappa shape index (κ2) is 15.8. The van der Waals surface area contributed by atoms with E-state index in [1.165, 1.54) is 103 Å². The molecule has 1 rings (SSSR count). The Morgan fingerprint density at radius 3 is 1.48 bits per heavy atom. The summed E-state index contributed by atoms with van der Waals surface area (Å²) < 4.78 is 23.1. The lowest BCUT2D eigenvalue weighted by molar-refractivity contribution is 0.256. The lowest BCUT2D eigenvalue weighted by Gasteiger charge is -2.22. The highest BCUT2D eigenvalue weighted by Gasteiger charge is 2.30. The van der Waals surface area contributed by atoms with E-state index < -0.39 is 9.84 Å². The Balaban J connectivity index is 1.77. The minimum absolute atomic E-state index is 0.270. The molecule has 4 heteroatoms. The molecule has 0 bridgehead atoms. The molecule has 0 aliphatic carbocycles. The molecule has 1 heterocycles. The van der Waals surface area contributed by atoms with Crippen LogP contribution in [-0.2, 0) is 9.84 Å². The van der Waals surface area contributed by atoms with Gasteiger partial charge in [-0.3, -0.25) is 0 Å². The minimum atomic E-state index is -2.74. The predicted molar refractivity (Wildman–Crippen MR) is 119 cm³/mol. The third-order valence-corrected chi connectivity index (χ3v) is 7.95. The molecule has 1 aliphatic rings. The molecule has 1 saturated heterocycles. The highest BCUT2D eigenvalue weighted by Crippen LogP contribution is 2.17. The molecule has 27 heavy (non-hydrogen) atoms. The summed E-state index contributed by atoms with van der Waals surface area (Å²) in [5.41, 5.74) is 0. The van der Waals surface area contributed by atoms with Crippen molar-refractivity contribution in [3.8, 4) is 0 Å². The molecule has 0 amide bonds. The number of nitrogens with zero attached hydrogens (tertiary/aromatic N) is 1. The third-order valence-electron chi connectivity index (χ3n) is 6.20. The maximum atomic E-state index is 11.5. The van der Waals surface area contributed by atoms with Gasteiger partial charge in [0.1, 0.15) is 0 Å². The van der Waals surface area contributed by atoms with Crippen molar-refractivity contribution in [1.82, 2.24) is 4.90 Å². The molecule has 1 atom stereocenters. The van der Waals surface area contributed by atoms with E-state index in [0.717, 1.165) is 13.0 Å². The van der Waals surface area contributed by atoms with E-state index >= 15 is 0 Å². The van der Waals surface area contributed by atoms with Crippen molar-refractivity contribution in [2.45, 2.75) is 122 Å². The van der Waals surface area contributed by atoms with Crippen molar-refractivity contribution in [3.05, 3.63) is 0 Å². The van der Waals surface area contributed by atoms with E-state index in [1.807, 2.05) is 0 Å². The van der Waals surface area contributed by atoms with Gasteiger partial charge >= 0.3 is 0 Å². The summed E-state index contributed by atoms with van der Waals surface area (Å²) in [6.07, 6.45) is 23.2. The van der Waals surface area contributed by atoms with Crippen molar-refractivity contribution in [2.75, 3.05) is 25.1 Å². The zero-order valence-corrected chi connectivity index (χ0v) is 19.2. The van der Waals surface area contributed by atoms with Gasteiger partial charge in [-0.2, -0.15) is 0 Å². The topological polar surface area (TPSA) is 37.4 Å². The Kier molecular flexibility index (Phi) is 14.6. The largest absolute Gasteiger partial charge is 0.302 e. The van der Waals surface area contributed by atoms with Crippen LogP contribution in [0.2, 0.25) is 0 Å². The summed E-state index contributed by atoms with van der Waals surface area (Å²) >= 11 is 0. The van der Waals surface area contributed by atoms with Gasteiger partial charge in [-0.1, -0.05) is 103 Å². The van der Waals surface area contributed by atoms with Gasteiger partial charge in [-0.05, 0) is 26.4 Å². The van der Waals surface area contributed by atoms with Crippen molar-refractivity contribution in [3.63, 3.8) is 0 Å². The zero-order chi connectivity index (χ0) is 19.8. The minimum Gasteiger partial charge on any atom is -0.302 e. The molecule has 0 aromatic heterocycles. The summed E-state index contributed by atoms with van der Waals surface area (Å²) in [5, 5.41) is 0. The second-order valence-corrected chi connectivity index (χ2v) is 11.1. The highest BCUT2D eigenvalue weighted by molar-refractivity contribution is 7.91. The molecule has 162 valence electrons. The summed E-state index contributed by atoms with van der Waals surface area (Å²) in [7, 11) is -0.649. The first-order chi connectivity index (χ1) is 13.0. The van der Waals surface area contributed by atoms with Crippen LogP contribution in [0.25, 0.3) is 0 Å². The number of hydrogen-bond acceptors (Lipinski definition) is 3. The van der Waals surface area contributed by atoms with Gasteiger partial charge in [0, 0.05) is 6.04 Å². The molecule has 0 aromatic rings. The molecule has 1 fully saturated rings. The van der Waals surface area contributed by atoms with Crippen LogP contribution in [0.4, 0.5) is 0 Å². The maximum absolute atomic E-state index is 11.5. The van der Waals surface area contributed by atoms with Crippen LogP contribution in [0.1, 0.15) is 116 Å². The molecule has 1 aliphatic heterocycles. The number of rotatable bonds is 18. The first kappa shape index (κ1) is 24.9. The van der Waals surface area contributed by atoms with E-state index in [1.54, 1.807) is 0 Å². The van der Waals surface area contributed by atoms with Gasteiger partial charge in [-0.25, -0.2) is 8.42 Å². The van der Waals surface area contributed by atoms with Crippen LogP contribution in [0.15, 0.2) is 0 Å². The predicted octanol–water partition coefficient (Wildman–Crippen LogP) is 6.37. The SMILES string of the molecule is CCCCCCCCCCCCCCCCCCN(C)C1CCS(=O)(=O)C1. The molecular weight excluding hydrogens is 354 g/mol. The van der Waals surface area contributed by atoms with Crippen LogP contribution < -0.4 is 0 Å². The van der Waals surface area contributed by atoms with Crippen LogP contribution >= 0.6 is 0 Å². The Hall–Kier alpha value is -0.0900. The van der Waals surface area contributed by atoms with E-state index in [4.69, 9.17) is 0 Å². The van der Waals surface area contributed by atoms with E-state index in [-0.39, 0.29) is 6.04 Å². The Morgan fingerprint density at radius 2 is 1.11 bits per heavy atom. The normalized spacial score (nSPS) is 19.1. The summed E-state index contributed by atoms with van der Waals surface area (Å²) in [4.78, 5) is 2.27. The number of sulfone groups is 1. The van der Waals surface area contributed by atoms with E-state index in [0.29, 0.717) is 11.5 Å². The summed E-state index contributed by atoms with van der Waals surface area (Å²) in [5.74, 6) is 0.767. The van der Waals surface area contributed by atoms with Gasteiger partial charge in [-0.15, -0.1) is 0 Å². The van der Waals surface area contributed by atoms with Crippen molar-refractivity contribution < 1.29 is 8.42 Å². The molecule has 0 saturated carbocycles. The Labute approximate surface area is 170 Å². The molecule has 0 spiro atoms. The van der Waals surface area contributed by atoms with Crippen LogP contribution in [0.5, 0.6) is 0 Å². The van der Waals surface area contributed by atoms with Crippen molar-refractivity contribution in [1.29, 1.82) is 0 Å². The lowest BCUT2D eigenvalue weighted by Crippen LogP contribution is -2.33. The Bertz CT molecular complexity index is 436. The fourth-order valence-corrected chi connectivity index (χ4v) is 6.02. The van der Waals surface area contributed by atoms with Crippen LogP contribution in [0, 0.1) is 0 Å². The highest BCUT2D eigenvalue weighted by atomic mass is 32.2. The van der Waals surface area contributed by atoms with Crippen molar-refractivity contribution >= 4 is 9.84 Å². The van der Waals surface area contributed by atoms with E-state index in [2.05, 4.69) is 18.9 Å². The monoisotopic (exact) mass is 401 g/mol. The van der Waals surface area contributed by atoms with Gasteiger partial charge in [0.05, 0.1) is 11.5 Å². The summed E-state index contributed by atoms with van der Waals surface area (Å²) in [6, 6.07) is 0.270. The Morgan fingerprint density at radius 1 is 0.704 bits per heavy atom. The molecule has 1 unspecified atom stereocenters. The number of unbranched alkanes of at least 4 members (excludes halogenated alkanes) is 15. The maximum Gasteiger partial charge on any atom is 0.151 e. The quantitative estimate of drug-likeness (QED) is 0.250. The summed E-state index contributed by atoms with van der Waals surface area (Å²) in [6.45, 7) is 3.34. The molecule has 0 aromatic carbocycles.